The maximum absolute atomic E-state index is 11.0. The molecule has 0 saturated heterocycles. The number of esters is 1. The third-order valence-electron chi connectivity index (χ3n) is 1.83. The fourth-order valence-corrected chi connectivity index (χ4v) is 1.17. The highest BCUT2D eigenvalue weighted by atomic mass is 16.5. The maximum atomic E-state index is 11.0. The molecule has 0 bridgehead atoms. The minimum Gasteiger partial charge on any atom is -0.466 e. The molecule has 1 unspecified atom stereocenters. The predicted molar refractivity (Wildman–Crippen MR) is 43.2 cm³/mol. The van der Waals surface area contributed by atoms with Crippen molar-refractivity contribution in [3.63, 3.8) is 0 Å². The predicted octanol–water partition coefficient (Wildman–Crippen LogP) is -0.386. The van der Waals surface area contributed by atoms with E-state index in [1.807, 2.05) is 0 Å². The number of aliphatic hydroxyl groups excluding tert-OH is 1. The number of nitrogens with zero attached hydrogens (tertiary/aromatic N) is 1. The maximum Gasteiger partial charge on any atom is 0.335 e. The second kappa shape index (κ2) is 3.57. The summed E-state index contributed by atoms with van der Waals surface area (Å²) in [6.07, 6.45) is 0.511. The first-order valence-electron chi connectivity index (χ1n) is 3.82. The number of hydrogen-bond donors (Lipinski definition) is 1. The Labute approximate surface area is 75.6 Å². The molecule has 5 nitrogen and oxygen atoms in total. The van der Waals surface area contributed by atoms with Crippen molar-refractivity contribution in [1.29, 1.82) is 0 Å². The molecule has 0 aromatic heterocycles. The highest BCUT2D eigenvalue weighted by Gasteiger charge is 2.28. The Kier molecular flexibility index (Phi) is 2.67. The Balaban J connectivity index is 2.77. The summed E-state index contributed by atoms with van der Waals surface area (Å²) in [5.41, 5.74) is 0.310. The third kappa shape index (κ3) is 1.86. The number of ether oxygens (including phenoxy) is 1. The SMILES string of the molecule is COC(=O)C1=CN(C(C)=O)C(O)C1. The second-order valence-corrected chi connectivity index (χ2v) is 2.76. The van der Waals surface area contributed by atoms with Crippen molar-refractivity contribution in [2.75, 3.05) is 7.11 Å². The Bertz CT molecular complexity index is 271. The lowest BCUT2D eigenvalue weighted by molar-refractivity contribution is -0.137. The summed E-state index contributed by atoms with van der Waals surface area (Å²) in [5.74, 6) is -0.811. The standard InChI is InChI=1S/C8H11NO4/c1-5(10)9-4-6(3-7(9)11)8(12)13-2/h4,7,11H,3H2,1-2H3. The molecule has 1 rings (SSSR count). The van der Waals surface area contributed by atoms with Gasteiger partial charge in [0.05, 0.1) is 12.7 Å². The lowest BCUT2D eigenvalue weighted by atomic mass is 10.2. The van der Waals surface area contributed by atoms with Gasteiger partial charge in [0, 0.05) is 19.5 Å². The van der Waals surface area contributed by atoms with Gasteiger partial charge in [-0.3, -0.25) is 9.69 Å². The molecule has 13 heavy (non-hydrogen) atoms. The van der Waals surface area contributed by atoms with Crippen molar-refractivity contribution in [3.8, 4) is 0 Å². The molecule has 1 aliphatic rings. The van der Waals surface area contributed by atoms with Gasteiger partial charge in [-0.2, -0.15) is 0 Å². The molecule has 0 saturated carbocycles. The third-order valence-corrected chi connectivity index (χ3v) is 1.83. The Morgan fingerprint density at radius 1 is 1.69 bits per heavy atom. The van der Waals surface area contributed by atoms with Crippen LogP contribution >= 0.6 is 0 Å². The van der Waals surface area contributed by atoms with E-state index in [-0.39, 0.29) is 12.3 Å². The molecule has 0 spiro atoms. The Morgan fingerprint density at radius 3 is 2.69 bits per heavy atom. The molecule has 72 valence electrons. The summed E-state index contributed by atoms with van der Waals surface area (Å²) in [6, 6.07) is 0. The second-order valence-electron chi connectivity index (χ2n) is 2.76. The molecule has 1 heterocycles. The van der Waals surface area contributed by atoms with Crippen LogP contribution < -0.4 is 0 Å². The molecular weight excluding hydrogens is 174 g/mol. The van der Waals surface area contributed by atoms with E-state index in [0.717, 1.165) is 4.90 Å². The monoisotopic (exact) mass is 185 g/mol. The number of rotatable bonds is 1. The number of carbonyl (C=O) groups excluding carboxylic acids is 2. The van der Waals surface area contributed by atoms with E-state index in [1.165, 1.54) is 20.2 Å². The van der Waals surface area contributed by atoms with Crippen LogP contribution in [0.15, 0.2) is 11.8 Å². The Hall–Kier alpha value is -1.36. The van der Waals surface area contributed by atoms with Gasteiger partial charge in [0.25, 0.3) is 0 Å². The minimum atomic E-state index is -0.938. The van der Waals surface area contributed by atoms with Gasteiger partial charge >= 0.3 is 5.97 Å². The van der Waals surface area contributed by atoms with Gasteiger partial charge in [-0.25, -0.2) is 4.79 Å². The van der Waals surface area contributed by atoms with E-state index < -0.39 is 12.2 Å². The zero-order valence-corrected chi connectivity index (χ0v) is 7.48. The average Bonchev–Trinajstić information content (AvgIpc) is 2.46. The molecule has 1 amide bonds. The van der Waals surface area contributed by atoms with Crippen LogP contribution in [0.3, 0.4) is 0 Å². The van der Waals surface area contributed by atoms with Crippen LogP contribution in [0.2, 0.25) is 0 Å². The van der Waals surface area contributed by atoms with Crippen LogP contribution in [0, 0.1) is 0 Å². The number of aliphatic hydroxyl groups is 1. The number of carbonyl (C=O) groups is 2. The Morgan fingerprint density at radius 2 is 2.31 bits per heavy atom. The van der Waals surface area contributed by atoms with Crippen molar-refractivity contribution >= 4 is 11.9 Å². The largest absolute Gasteiger partial charge is 0.466 e. The molecule has 1 N–H and O–H groups in total. The number of methoxy groups -OCH3 is 1. The van der Waals surface area contributed by atoms with E-state index >= 15 is 0 Å². The molecule has 0 aromatic carbocycles. The smallest absolute Gasteiger partial charge is 0.335 e. The number of amides is 1. The van der Waals surface area contributed by atoms with Gasteiger partial charge in [-0.1, -0.05) is 0 Å². The van der Waals surface area contributed by atoms with Crippen LogP contribution in [-0.4, -0.2) is 35.2 Å². The van der Waals surface area contributed by atoms with Crippen LogP contribution in [-0.2, 0) is 14.3 Å². The first-order chi connectivity index (χ1) is 6.06. The fourth-order valence-electron chi connectivity index (χ4n) is 1.17. The number of hydrogen-bond acceptors (Lipinski definition) is 4. The van der Waals surface area contributed by atoms with Crippen LogP contribution in [0.5, 0.6) is 0 Å². The highest BCUT2D eigenvalue weighted by molar-refractivity contribution is 5.90. The summed E-state index contributed by atoms with van der Waals surface area (Å²) in [5, 5.41) is 9.32. The van der Waals surface area contributed by atoms with Gasteiger partial charge in [0.1, 0.15) is 6.23 Å². The van der Waals surface area contributed by atoms with Gasteiger partial charge < -0.3 is 9.84 Å². The van der Waals surface area contributed by atoms with E-state index in [1.54, 1.807) is 0 Å². The van der Waals surface area contributed by atoms with Crippen LogP contribution in [0.4, 0.5) is 0 Å². The molecule has 0 fully saturated rings. The van der Waals surface area contributed by atoms with E-state index in [2.05, 4.69) is 4.74 Å². The van der Waals surface area contributed by atoms with Gasteiger partial charge in [-0.05, 0) is 0 Å². The summed E-state index contributed by atoms with van der Waals surface area (Å²) in [7, 11) is 1.26. The molecule has 0 radical (unpaired) electrons. The lowest BCUT2D eigenvalue weighted by Gasteiger charge is -2.15. The van der Waals surface area contributed by atoms with Crippen molar-refractivity contribution in [2.24, 2.45) is 0 Å². The summed E-state index contributed by atoms with van der Waals surface area (Å²) < 4.78 is 4.45. The minimum absolute atomic E-state index is 0.131. The van der Waals surface area contributed by atoms with E-state index in [4.69, 9.17) is 0 Å². The molecule has 0 aliphatic carbocycles. The normalized spacial score (nSPS) is 21.3. The topological polar surface area (TPSA) is 66.8 Å². The quantitative estimate of drug-likeness (QED) is 0.565. The zero-order chi connectivity index (χ0) is 10.0. The van der Waals surface area contributed by atoms with Crippen molar-refractivity contribution in [3.05, 3.63) is 11.8 Å². The van der Waals surface area contributed by atoms with Gasteiger partial charge in [0.15, 0.2) is 0 Å². The van der Waals surface area contributed by atoms with E-state index in [0.29, 0.717) is 5.57 Å². The van der Waals surface area contributed by atoms with Gasteiger partial charge in [-0.15, -0.1) is 0 Å². The first-order valence-corrected chi connectivity index (χ1v) is 3.82. The average molecular weight is 185 g/mol. The lowest BCUT2D eigenvalue weighted by Crippen LogP contribution is -2.30. The van der Waals surface area contributed by atoms with Crippen LogP contribution in [0.1, 0.15) is 13.3 Å². The summed E-state index contributed by atoms with van der Waals surface area (Å²) >= 11 is 0. The summed E-state index contributed by atoms with van der Waals surface area (Å²) in [4.78, 5) is 23.0. The molecule has 1 aliphatic heterocycles. The fraction of sp³-hybridized carbons (Fsp3) is 0.500. The molecular formula is C8H11NO4. The van der Waals surface area contributed by atoms with Crippen molar-refractivity contribution < 1.29 is 19.4 Å². The van der Waals surface area contributed by atoms with Crippen molar-refractivity contribution in [2.45, 2.75) is 19.6 Å². The molecule has 5 heteroatoms. The van der Waals surface area contributed by atoms with Gasteiger partial charge in [0.2, 0.25) is 5.91 Å². The zero-order valence-electron chi connectivity index (χ0n) is 7.48. The first kappa shape index (κ1) is 9.73. The van der Waals surface area contributed by atoms with E-state index in [9.17, 15) is 14.7 Å². The highest BCUT2D eigenvalue weighted by Crippen LogP contribution is 2.20. The van der Waals surface area contributed by atoms with Crippen molar-refractivity contribution in [1.82, 2.24) is 4.90 Å². The molecule has 0 aromatic rings. The molecule has 1 atom stereocenters. The van der Waals surface area contributed by atoms with Crippen LogP contribution in [0.25, 0.3) is 0 Å². The summed E-state index contributed by atoms with van der Waals surface area (Å²) in [6.45, 7) is 1.32.